The van der Waals surface area contributed by atoms with Crippen molar-refractivity contribution in [3.05, 3.63) is 0 Å². The van der Waals surface area contributed by atoms with Gasteiger partial charge in [0.15, 0.2) is 5.79 Å². The zero-order chi connectivity index (χ0) is 17.2. The van der Waals surface area contributed by atoms with E-state index in [4.69, 9.17) is 9.47 Å². The van der Waals surface area contributed by atoms with Crippen molar-refractivity contribution < 1.29 is 19.4 Å². The first kappa shape index (κ1) is 18.3. The molecule has 3 fully saturated rings. The van der Waals surface area contributed by atoms with Crippen molar-refractivity contribution >= 4 is 5.78 Å². The van der Waals surface area contributed by atoms with Crippen LogP contribution in [0.1, 0.15) is 71.6 Å². The summed E-state index contributed by atoms with van der Waals surface area (Å²) in [6.07, 6.45) is 8.51. The van der Waals surface area contributed by atoms with Gasteiger partial charge in [-0.1, -0.05) is 39.5 Å². The standard InChI is InChI=1S/C20H34O4/c1-3-4-5-6-14(2)7-8-17(21)19-16-13-20(23-9-10-24-20)12-15(16)11-18(19)22/h14-16,18-19,22H,3-13H2,1-2H3/t14?,15-,16+,18-,19+/m1/s1. The molecule has 138 valence electrons. The topological polar surface area (TPSA) is 55.8 Å². The van der Waals surface area contributed by atoms with Gasteiger partial charge in [-0.15, -0.1) is 0 Å². The van der Waals surface area contributed by atoms with Crippen LogP contribution in [-0.2, 0) is 14.3 Å². The fourth-order valence-electron chi connectivity index (χ4n) is 5.21. The molecule has 1 spiro atoms. The van der Waals surface area contributed by atoms with Gasteiger partial charge in [0.25, 0.3) is 0 Å². The second-order valence-electron chi connectivity index (χ2n) is 8.37. The molecule has 4 heteroatoms. The smallest absolute Gasteiger partial charge is 0.169 e. The first-order valence-corrected chi connectivity index (χ1v) is 10.0. The van der Waals surface area contributed by atoms with E-state index in [0.717, 1.165) is 25.7 Å². The monoisotopic (exact) mass is 338 g/mol. The van der Waals surface area contributed by atoms with E-state index in [-0.39, 0.29) is 17.6 Å². The molecule has 1 unspecified atom stereocenters. The summed E-state index contributed by atoms with van der Waals surface area (Å²) < 4.78 is 11.7. The molecule has 0 amide bonds. The molecule has 0 bridgehead atoms. The van der Waals surface area contributed by atoms with Gasteiger partial charge in [0.1, 0.15) is 5.78 Å². The van der Waals surface area contributed by atoms with E-state index in [1.807, 2.05) is 0 Å². The molecule has 1 N–H and O–H groups in total. The third kappa shape index (κ3) is 3.86. The van der Waals surface area contributed by atoms with Gasteiger partial charge in [0.2, 0.25) is 0 Å². The second kappa shape index (κ2) is 7.84. The quantitative estimate of drug-likeness (QED) is 0.686. The van der Waals surface area contributed by atoms with Gasteiger partial charge < -0.3 is 14.6 Å². The summed E-state index contributed by atoms with van der Waals surface area (Å²) in [4.78, 5) is 12.8. The number of fused-ring (bicyclic) bond motifs is 1. The number of aliphatic hydroxyl groups is 1. The highest BCUT2D eigenvalue weighted by atomic mass is 16.7. The Balaban J connectivity index is 1.50. The highest BCUT2D eigenvalue weighted by Crippen LogP contribution is 2.54. The zero-order valence-corrected chi connectivity index (χ0v) is 15.3. The number of ether oxygens (including phenoxy) is 2. The van der Waals surface area contributed by atoms with Crippen molar-refractivity contribution in [2.24, 2.45) is 23.7 Å². The number of ketones is 1. The highest BCUT2D eigenvalue weighted by Gasteiger charge is 2.57. The van der Waals surface area contributed by atoms with Crippen molar-refractivity contribution in [1.82, 2.24) is 0 Å². The highest BCUT2D eigenvalue weighted by molar-refractivity contribution is 5.82. The molecular formula is C20H34O4. The van der Waals surface area contributed by atoms with Gasteiger partial charge in [-0.2, -0.15) is 0 Å². The lowest BCUT2D eigenvalue weighted by Crippen LogP contribution is -2.33. The molecule has 0 aromatic carbocycles. The van der Waals surface area contributed by atoms with Crippen molar-refractivity contribution in [2.45, 2.75) is 83.5 Å². The predicted octanol–water partition coefficient (Wildman–Crippen LogP) is 3.70. The molecule has 0 aromatic heterocycles. The van der Waals surface area contributed by atoms with E-state index in [0.29, 0.717) is 31.5 Å². The van der Waals surface area contributed by atoms with E-state index < -0.39 is 11.9 Å². The lowest BCUT2D eigenvalue weighted by Gasteiger charge is -2.26. The minimum atomic E-state index is -0.457. The van der Waals surface area contributed by atoms with Crippen LogP contribution in [0, 0.1) is 23.7 Å². The Morgan fingerprint density at radius 2 is 1.96 bits per heavy atom. The fraction of sp³-hybridized carbons (Fsp3) is 0.950. The average molecular weight is 338 g/mol. The summed E-state index contributed by atoms with van der Waals surface area (Å²) in [5, 5.41) is 10.4. The van der Waals surface area contributed by atoms with E-state index >= 15 is 0 Å². The molecular weight excluding hydrogens is 304 g/mol. The fourth-order valence-corrected chi connectivity index (χ4v) is 5.21. The lowest BCUT2D eigenvalue weighted by molar-refractivity contribution is -0.159. The largest absolute Gasteiger partial charge is 0.392 e. The third-order valence-corrected chi connectivity index (χ3v) is 6.51. The Labute approximate surface area is 146 Å². The molecule has 2 aliphatic carbocycles. The molecule has 0 aromatic rings. The lowest BCUT2D eigenvalue weighted by atomic mass is 9.84. The van der Waals surface area contributed by atoms with Crippen LogP contribution >= 0.6 is 0 Å². The number of rotatable bonds is 8. The summed E-state index contributed by atoms with van der Waals surface area (Å²) in [6.45, 7) is 5.80. The van der Waals surface area contributed by atoms with Crippen LogP contribution in [0.5, 0.6) is 0 Å². The molecule has 1 heterocycles. The number of carbonyl (C=O) groups is 1. The summed E-state index contributed by atoms with van der Waals surface area (Å²) in [7, 11) is 0. The van der Waals surface area contributed by atoms with E-state index in [9.17, 15) is 9.90 Å². The van der Waals surface area contributed by atoms with E-state index in [1.165, 1.54) is 25.7 Å². The van der Waals surface area contributed by atoms with Crippen LogP contribution in [0.3, 0.4) is 0 Å². The zero-order valence-electron chi connectivity index (χ0n) is 15.3. The number of hydrogen-bond acceptors (Lipinski definition) is 4. The maximum Gasteiger partial charge on any atom is 0.169 e. The molecule has 1 saturated heterocycles. The minimum Gasteiger partial charge on any atom is -0.392 e. The SMILES string of the molecule is CCCCCC(C)CCC(=O)[C@@H]1[C@H]2CC3(C[C@H]2C[C@H]1O)OCCO3. The maximum atomic E-state index is 12.8. The van der Waals surface area contributed by atoms with Crippen LogP contribution in [-0.4, -0.2) is 36.0 Å². The van der Waals surface area contributed by atoms with Crippen LogP contribution in [0.25, 0.3) is 0 Å². The van der Waals surface area contributed by atoms with E-state index in [2.05, 4.69) is 13.8 Å². The number of carbonyl (C=O) groups excluding carboxylic acids is 1. The predicted molar refractivity (Wildman–Crippen MR) is 92.5 cm³/mol. The Morgan fingerprint density at radius 1 is 1.21 bits per heavy atom. The molecule has 1 aliphatic heterocycles. The van der Waals surface area contributed by atoms with E-state index in [1.54, 1.807) is 0 Å². The molecule has 0 radical (unpaired) electrons. The second-order valence-corrected chi connectivity index (χ2v) is 8.37. The van der Waals surface area contributed by atoms with Crippen LogP contribution < -0.4 is 0 Å². The molecule has 3 aliphatic rings. The van der Waals surface area contributed by atoms with Gasteiger partial charge >= 0.3 is 0 Å². The van der Waals surface area contributed by atoms with Crippen LogP contribution in [0.2, 0.25) is 0 Å². The molecule has 3 rings (SSSR count). The van der Waals surface area contributed by atoms with Crippen molar-refractivity contribution in [3.8, 4) is 0 Å². The third-order valence-electron chi connectivity index (χ3n) is 6.51. The van der Waals surface area contributed by atoms with Gasteiger partial charge in [0.05, 0.1) is 19.3 Å². The molecule has 4 nitrogen and oxygen atoms in total. The summed E-state index contributed by atoms with van der Waals surface area (Å²) in [5.74, 6) is 0.875. The first-order valence-electron chi connectivity index (χ1n) is 10.0. The Kier molecular flexibility index (Phi) is 5.99. The number of aliphatic hydroxyl groups excluding tert-OH is 1. The normalized spacial score (nSPS) is 35.5. The van der Waals surface area contributed by atoms with Gasteiger partial charge in [-0.3, -0.25) is 4.79 Å². The number of unbranched alkanes of at least 4 members (excludes halogenated alkanes) is 2. The molecule has 2 saturated carbocycles. The van der Waals surface area contributed by atoms with Gasteiger partial charge in [-0.25, -0.2) is 0 Å². The minimum absolute atomic E-state index is 0.190. The van der Waals surface area contributed by atoms with Gasteiger partial charge in [0, 0.05) is 25.2 Å². The molecule has 5 atom stereocenters. The summed E-state index contributed by atoms with van der Waals surface area (Å²) in [6, 6.07) is 0. The maximum absolute atomic E-state index is 12.8. The van der Waals surface area contributed by atoms with Crippen LogP contribution in [0.15, 0.2) is 0 Å². The van der Waals surface area contributed by atoms with Crippen LogP contribution in [0.4, 0.5) is 0 Å². The van der Waals surface area contributed by atoms with Gasteiger partial charge in [-0.05, 0) is 30.6 Å². The van der Waals surface area contributed by atoms with Crippen molar-refractivity contribution in [2.75, 3.05) is 13.2 Å². The molecule has 24 heavy (non-hydrogen) atoms. The van der Waals surface area contributed by atoms with Crippen molar-refractivity contribution in [3.63, 3.8) is 0 Å². The van der Waals surface area contributed by atoms with Crippen molar-refractivity contribution in [1.29, 1.82) is 0 Å². The number of Topliss-reactive ketones (excluding diaryl/α,β-unsaturated/α-hetero) is 1. The Morgan fingerprint density at radius 3 is 2.67 bits per heavy atom. The summed E-state index contributed by atoms with van der Waals surface area (Å²) >= 11 is 0. The number of hydrogen-bond donors (Lipinski definition) is 1. The summed E-state index contributed by atoms with van der Waals surface area (Å²) in [5.41, 5.74) is 0. The Hall–Kier alpha value is -0.450. The Bertz CT molecular complexity index is 429. The average Bonchev–Trinajstić information content (AvgIpc) is 3.20. The first-order chi connectivity index (χ1) is 11.5.